The number of imidazole rings is 1. The van der Waals surface area contributed by atoms with E-state index in [0.29, 0.717) is 11.6 Å². The maximum atomic E-state index is 12.4. The second kappa shape index (κ2) is 6.87. The van der Waals surface area contributed by atoms with Gasteiger partial charge in [0.2, 0.25) is 11.8 Å². The van der Waals surface area contributed by atoms with E-state index in [1.54, 1.807) is 11.1 Å². The van der Waals surface area contributed by atoms with E-state index >= 15 is 0 Å². The Morgan fingerprint density at radius 1 is 1.39 bits per heavy atom. The molecule has 2 amide bonds. The van der Waals surface area contributed by atoms with Crippen molar-refractivity contribution in [3.05, 3.63) is 54.1 Å². The third kappa shape index (κ3) is 3.56. The normalized spacial score (nSPS) is 15.7. The number of carbonyl (C=O) groups is 2. The first kappa shape index (κ1) is 15.6. The summed E-state index contributed by atoms with van der Waals surface area (Å²) in [5.74, 6) is 1.61. The minimum atomic E-state index is -0.339. The van der Waals surface area contributed by atoms with Crippen molar-refractivity contribution < 1.29 is 9.59 Å². The van der Waals surface area contributed by atoms with Gasteiger partial charge in [0.05, 0.1) is 11.6 Å². The summed E-state index contributed by atoms with van der Waals surface area (Å²) in [5, 5.41) is 3.00. The molecule has 1 fully saturated rings. The largest absolute Gasteiger partial charge is 0.341 e. The van der Waals surface area contributed by atoms with E-state index in [-0.39, 0.29) is 24.4 Å². The zero-order valence-corrected chi connectivity index (χ0v) is 13.6. The molecule has 0 saturated carbocycles. The molecule has 0 bridgehead atoms. The molecule has 7 heteroatoms. The first-order valence-electron chi connectivity index (χ1n) is 7.32. The van der Waals surface area contributed by atoms with Crippen LogP contribution in [0.5, 0.6) is 0 Å². The molecule has 0 unspecified atom stereocenters. The minimum absolute atomic E-state index is 0.0124. The fourth-order valence-corrected chi connectivity index (χ4v) is 3.42. The monoisotopic (exact) mass is 330 g/mol. The molecule has 6 nitrogen and oxygen atoms in total. The highest BCUT2D eigenvalue weighted by molar-refractivity contribution is 8.00. The molecule has 3 rings (SSSR count). The van der Waals surface area contributed by atoms with Gasteiger partial charge in [-0.3, -0.25) is 9.59 Å². The van der Waals surface area contributed by atoms with Crippen LogP contribution in [0.3, 0.4) is 0 Å². The van der Waals surface area contributed by atoms with Crippen LogP contribution in [0, 0.1) is 0 Å². The first-order chi connectivity index (χ1) is 11.1. The Kier molecular flexibility index (Phi) is 4.66. The van der Waals surface area contributed by atoms with Crippen LogP contribution in [0.2, 0.25) is 0 Å². The van der Waals surface area contributed by atoms with Crippen molar-refractivity contribution in [2.45, 2.75) is 6.04 Å². The lowest BCUT2D eigenvalue weighted by Crippen LogP contribution is -2.40. The van der Waals surface area contributed by atoms with Gasteiger partial charge in [-0.15, -0.1) is 11.8 Å². The van der Waals surface area contributed by atoms with Crippen molar-refractivity contribution in [3.63, 3.8) is 0 Å². The summed E-state index contributed by atoms with van der Waals surface area (Å²) in [6, 6.07) is 9.36. The fraction of sp³-hybridized carbons (Fsp3) is 0.312. The molecular weight excluding hydrogens is 312 g/mol. The lowest BCUT2D eigenvalue weighted by atomic mass is 10.1. The maximum absolute atomic E-state index is 12.4. The van der Waals surface area contributed by atoms with Gasteiger partial charge in [0.25, 0.3) is 0 Å². The van der Waals surface area contributed by atoms with Gasteiger partial charge in [-0.1, -0.05) is 30.3 Å². The van der Waals surface area contributed by atoms with Gasteiger partial charge in [-0.2, -0.15) is 0 Å². The highest BCUT2D eigenvalue weighted by Gasteiger charge is 2.25. The number of hydrogen-bond donors (Lipinski definition) is 1. The van der Waals surface area contributed by atoms with Gasteiger partial charge in [-0.25, -0.2) is 4.98 Å². The molecule has 0 radical (unpaired) electrons. The van der Waals surface area contributed by atoms with Gasteiger partial charge >= 0.3 is 0 Å². The molecule has 1 aromatic carbocycles. The van der Waals surface area contributed by atoms with Crippen LogP contribution >= 0.6 is 11.8 Å². The van der Waals surface area contributed by atoms with Gasteiger partial charge in [-0.05, 0) is 5.56 Å². The second-order valence-electron chi connectivity index (χ2n) is 5.38. The topological polar surface area (TPSA) is 67.2 Å². The van der Waals surface area contributed by atoms with Crippen molar-refractivity contribution >= 4 is 23.6 Å². The average Bonchev–Trinajstić information content (AvgIpc) is 3.15. The molecule has 120 valence electrons. The van der Waals surface area contributed by atoms with Gasteiger partial charge < -0.3 is 14.8 Å². The van der Waals surface area contributed by atoms with Crippen molar-refractivity contribution in [2.75, 3.05) is 18.2 Å². The van der Waals surface area contributed by atoms with Crippen molar-refractivity contribution in [1.29, 1.82) is 0 Å². The number of nitrogens with one attached hydrogen (secondary N) is 1. The number of aryl methyl sites for hydroxylation is 1. The summed E-state index contributed by atoms with van der Waals surface area (Å²) in [5.41, 5.74) is 0.956. The molecule has 23 heavy (non-hydrogen) atoms. The Morgan fingerprint density at radius 2 is 2.17 bits per heavy atom. The van der Waals surface area contributed by atoms with Gasteiger partial charge in [0, 0.05) is 19.4 Å². The average molecular weight is 330 g/mol. The number of carbonyl (C=O) groups excluding carboxylic acids is 2. The van der Waals surface area contributed by atoms with Crippen molar-refractivity contribution in [3.8, 4) is 0 Å². The highest BCUT2D eigenvalue weighted by Crippen LogP contribution is 2.20. The molecule has 1 aliphatic rings. The van der Waals surface area contributed by atoms with E-state index < -0.39 is 0 Å². The van der Waals surface area contributed by atoms with Crippen molar-refractivity contribution in [2.24, 2.45) is 7.05 Å². The number of nitrogens with zero attached hydrogens (tertiary/aromatic N) is 3. The number of hydrogen-bond acceptors (Lipinski definition) is 4. The molecule has 1 saturated heterocycles. The predicted molar refractivity (Wildman–Crippen MR) is 88.7 cm³/mol. The number of thioether (sulfide) groups is 1. The van der Waals surface area contributed by atoms with Crippen LogP contribution in [0.4, 0.5) is 0 Å². The van der Waals surface area contributed by atoms with E-state index in [4.69, 9.17) is 0 Å². The number of benzene rings is 1. The van der Waals surface area contributed by atoms with Crippen LogP contribution in [0.25, 0.3) is 0 Å². The Labute approximate surface area is 138 Å². The lowest BCUT2D eigenvalue weighted by Gasteiger charge is -2.21. The third-order valence-corrected chi connectivity index (χ3v) is 4.66. The van der Waals surface area contributed by atoms with E-state index in [0.717, 1.165) is 11.4 Å². The molecule has 1 aromatic heterocycles. The van der Waals surface area contributed by atoms with Crippen LogP contribution < -0.4 is 5.32 Å². The molecule has 1 atom stereocenters. The van der Waals surface area contributed by atoms with Crippen LogP contribution in [-0.4, -0.2) is 44.4 Å². The Bertz CT molecular complexity index is 701. The molecule has 2 heterocycles. The number of rotatable bonds is 5. The summed E-state index contributed by atoms with van der Waals surface area (Å²) in [7, 11) is 1.89. The number of amides is 2. The minimum Gasteiger partial charge on any atom is -0.341 e. The smallest absolute Gasteiger partial charge is 0.240 e. The first-order valence-corrected chi connectivity index (χ1v) is 8.47. The lowest BCUT2D eigenvalue weighted by molar-refractivity contribution is -0.132. The SMILES string of the molecule is Cn1ccnc1[C@@H](NC(=O)CN1CSCC1=O)c1ccccc1. The Morgan fingerprint density at radius 3 is 2.78 bits per heavy atom. The van der Waals surface area contributed by atoms with E-state index in [1.165, 1.54) is 11.8 Å². The van der Waals surface area contributed by atoms with Gasteiger partial charge in [0.15, 0.2) is 0 Å². The van der Waals surface area contributed by atoms with E-state index in [2.05, 4.69) is 10.3 Å². The van der Waals surface area contributed by atoms with Crippen LogP contribution in [-0.2, 0) is 16.6 Å². The Balaban J connectivity index is 1.78. The second-order valence-corrected chi connectivity index (χ2v) is 6.33. The molecule has 1 aliphatic heterocycles. The number of aromatic nitrogens is 2. The predicted octanol–water partition coefficient (Wildman–Crippen LogP) is 1.16. The quantitative estimate of drug-likeness (QED) is 0.893. The summed E-state index contributed by atoms with van der Waals surface area (Å²) in [6.45, 7) is 0.0829. The zero-order chi connectivity index (χ0) is 16.2. The zero-order valence-electron chi connectivity index (χ0n) is 12.8. The molecule has 0 aliphatic carbocycles. The summed E-state index contributed by atoms with van der Waals surface area (Å²) < 4.78 is 1.88. The molecule has 0 spiro atoms. The van der Waals surface area contributed by atoms with E-state index in [1.807, 2.05) is 48.1 Å². The van der Waals surface area contributed by atoms with E-state index in [9.17, 15) is 9.59 Å². The van der Waals surface area contributed by atoms with Crippen molar-refractivity contribution in [1.82, 2.24) is 19.8 Å². The molecular formula is C16H18N4O2S. The summed E-state index contributed by atoms with van der Waals surface area (Å²) in [6.07, 6.45) is 3.55. The van der Waals surface area contributed by atoms with Gasteiger partial charge in [0.1, 0.15) is 18.4 Å². The standard InChI is InChI=1S/C16H18N4O2S/c1-19-8-7-17-16(19)15(12-5-3-2-4-6-12)18-13(21)9-20-11-23-10-14(20)22/h2-8,15H,9-11H2,1H3,(H,18,21)/t15-/m0/s1. The van der Waals surface area contributed by atoms with Crippen LogP contribution in [0.15, 0.2) is 42.7 Å². The Hall–Kier alpha value is -2.28. The third-order valence-electron chi connectivity index (χ3n) is 3.71. The molecule has 2 aromatic rings. The fourth-order valence-electron chi connectivity index (χ4n) is 2.52. The molecule has 1 N–H and O–H groups in total. The summed E-state index contributed by atoms with van der Waals surface area (Å²) in [4.78, 5) is 30.0. The maximum Gasteiger partial charge on any atom is 0.240 e. The summed E-state index contributed by atoms with van der Waals surface area (Å²) >= 11 is 1.53. The van der Waals surface area contributed by atoms with Crippen LogP contribution in [0.1, 0.15) is 17.4 Å². The highest BCUT2D eigenvalue weighted by atomic mass is 32.2.